The number of rotatable bonds is 4. The van der Waals surface area contributed by atoms with E-state index >= 15 is 0 Å². The fraction of sp³-hybridized carbons (Fsp3) is 0.200. The number of benzene rings is 1. The number of sulfone groups is 1. The van der Waals surface area contributed by atoms with Crippen LogP contribution in [0.2, 0.25) is 0 Å². The topological polar surface area (TPSA) is 106 Å². The van der Waals surface area contributed by atoms with E-state index in [1.807, 2.05) is 0 Å². The third-order valence-electron chi connectivity index (χ3n) is 1.95. The molecule has 0 bridgehead atoms. The van der Waals surface area contributed by atoms with E-state index in [-0.39, 0.29) is 17.0 Å². The predicted molar refractivity (Wildman–Crippen MR) is 61.1 cm³/mol. The van der Waals surface area contributed by atoms with Gasteiger partial charge in [-0.1, -0.05) is 6.07 Å². The van der Waals surface area contributed by atoms with Crippen molar-refractivity contribution in [3.05, 3.63) is 29.8 Å². The summed E-state index contributed by atoms with van der Waals surface area (Å²) in [6, 6.07) is 5.53. The summed E-state index contributed by atoms with van der Waals surface area (Å²) in [7, 11) is -3.36. The van der Waals surface area contributed by atoms with Crippen molar-refractivity contribution >= 4 is 21.7 Å². The van der Waals surface area contributed by atoms with Crippen molar-refractivity contribution in [3.8, 4) is 0 Å². The molecule has 17 heavy (non-hydrogen) atoms. The number of carbonyl (C=O) groups excluding carboxylic acids is 2. The van der Waals surface area contributed by atoms with Gasteiger partial charge in [0.2, 0.25) is 5.91 Å². The van der Waals surface area contributed by atoms with E-state index in [1.54, 1.807) is 0 Å². The van der Waals surface area contributed by atoms with Crippen LogP contribution in [0.15, 0.2) is 29.2 Å². The zero-order valence-electron chi connectivity index (χ0n) is 9.14. The molecule has 0 aliphatic carbocycles. The van der Waals surface area contributed by atoms with Gasteiger partial charge in [0.1, 0.15) is 0 Å². The Morgan fingerprint density at radius 3 is 2.53 bits per heavy atom. The third-order valence-corrected chi connectivity index (χ3v) is 3.06. The van der Waals surface area contributed by atoms with Crippen LogP contribution in [0.1, 0.15) is 10.4 Å². The van der Waals surface area contributed by atoms with Crippen LogP contribution < -0.4 is 11.1 Å². The monoisotopic (exact) mass is 256 g/mol. The molecule has 1 aromatic carbocycles. The second kappa shape index (κ2) is 4.96. The maximum absolute atomic E-state index is 11.5. The Bertz CT molecular complexity index is 551. The lowest BCUT2D eigenvalue weighted by Gasteiger charge is -2.04. The van der Waals surface area contributed by atoms with Crippen LogP contribution in [0, 0.1) is 0 Å². The summed E-state index contributed by atoms with van der Waals surface area (Å²) in [5.74, 6) is -1.22. The van der Waals surface area contributed by atoms with Gasteiger partial charge in [-0.3, -0.25) is 9.59 Å². The van der Waals surface area contributed by atoms with Gasteiger partial charge in [-0.15, -0.1) is 0 Å². The fourth-order valence-corrected chi connectivity index (χ4v) is 1.80. The zero-order chi connectivity index (χ0) is 13.1. The van der Waals surface area contributed by atoms with Gasteiger partial charge in [0.15, 0.2) is 9.84 Å². The lowest BCUT2D eigenvalue weighted by molar-refractivity contribution is -0.117. The number of nitrogens with one attached hydrogen (secondary N) is 1. The highest BCUT2D eigenvalue weighted by Crippen LogP contribution is 2.11. The normalized spacial score (nSPS) is 10.9. The maximum Gasteiger partial charge on any atom is 0.251 e. The molecule has 6 nitrogen and oxygen atoms in total. The molecule has 0 spiro atoms. The molecule has 7 heteroatoms. The first-order valence-corrected chi connectivity index (χ1v) is 6.56. The predicted octanol–water partition coefficient (Wildman–Crippen LogP) is -0.695. The molecule has 1 rings (SSSR count). The summed E-state index contributed by atoms with van der Waals surface area (Å²) in [5.41, 5.74) is 5.03. The van der Waals surface area contributed by atoms with E-state index in [4.69, 9.17) is 5.73 Å². The van der Waals surface area contributed by atoms with E-state index in [1.165, 1.54) is 24.3 Å². The molecule has 0 unspecified atom stereocenters. The molecule has 2 amide bonds. The van der Waals surface area contributed by atoms with Gasteiger partial charge in [0.25, 0.3) is 5.91 Å². The largest absolute Gasteiger partial charge is 0.368 e. The minimum absolute atomic E-state index is 0.0456. The smallest absolute Gasteiger partial charge is 0.251 e. The number of carbonyl (C=O) groups is 2. The molecule has 92 valence electrons. The molecular weight excluding hydrogens is 244 g/mol. The highest BCUT2D eigenvalue weighted by molar-refractivity contribution is 7.90. The van der Waals surface area contributed by atoms with Crippen molar-refractivity contribution in [1.82, 2.24) is 5.32 Å². The van der Waals surface area contributed by atoms with Crippen molar-refractivity contribution in [2.24, 2.45) is 5.73 Å². The Balaban J connectivity index is 2.93. The first-order valence-electron chi connectivity index (χ1n) is 4.67. The zero-order valence-corrected chi connectivity index (χ0v) is 9.95. The summed E-state index contributed by atoms with van der Waals surface area (Å²) < 4.78 is 22.5. The quantitative estimate of drug-likeness (QED) is 0.743. The molecule has 0 heterocycles. The number of amides is 2. The lowest BCUT2D eigenvalue weighted by atomic mass is 10.2. The van der Waals surface area contributed by atoms with Crippen LogP contribution in [0.25, 0.3) is 0 Å². The maximum atomic E-state index is 11.5. The Labute approximate surface area is 98.7 Å². The van der Waals surface area contributed by atoms with Crippen molar-refractivity contribution in [1.29, 1.82) is 0 Å². The molecule has 0 saturated carbocycles. The van der Waals surface area contributed by atoms with Crippen LogP contribution in [0.3, 0.4) is 0 Å². The van der Waals surface area contributed by atoms with Gasteiger partial charge < -0.3 is 11.1 Å². The summed E-state index contributed by atoms with van der Waals surface area (Å²) in [6.07, 6.45) is 1.05. The Morgan fingerprint density at radius 2 is 2.00 bits per heavy atom. The van der Waals surface area contributed by atoms with E-state index in [0.29, 0.717) is 0 Å². The number of hydrogen-bond acceptors (Lipinski definition) is 4. The fourth-order valence-electron chi connectivity index (χ4n) is 1.14. The lowest BCUT2D eigenvalue weighted by Crippen LogP contribution is -2.33. The molecule has 0 radical (unpaired) electrons. The molecule has 0 aromatic heterocycles. The van der Waals surface area contributed by atoms with Crippen LogP contribution >= 0.6 is 0 Å². The Morgan fingerprint density at radius 1 is 1.35 bits per heavy atom. The second-order valence-corrected chi connectivity index (χ2v) is 5.46. The van der Waals surface area contributed by atoms with E-state index < -0.39 is 21.7 Å². The number of nitrogens with two attached hydrogens (primary N) is 1. The molecule has 0 fully saturated rings. The van der Waals surface area contributed by atoms with Gasteiger partial charge in [0, 0.05) is 11.8 Å². The van der Waals surface area contributed by atoms with E-state index in [2.05, 4.69) is 5.32 Å². The third kappa shape index (κ3) is 3.87. The molecule has 0 atom stereocenters. The van der Waals surface area contributed by atoms with Crippen LogP contribution in [0.5, 0.6) is 0 Å². The van der Waals surface area contributed by atoms with Crippen molar-refractivity contribution in [2.45, 2.75) is 4.90 Å². The van der Waals surface area contributed by atoms with Gasteiger partial charge >= 0.3 is 0 Å². The van der Waals surface area contributed by atoms with Gasteiger partial charge in [0.05, 0.1) is 11.4 Å². The van der Waals surface area contributed by atoms with Crippen molar-refractivity contribution < 1.29 is 18.0 Å². The molecule has 0 aliphatic heterocycles. The van der Waals surface area contributed by atoms with Crippen molar-refractivity contribution in [2.75, 3.05) is 12.8 Å². The van der Waals surface area contributed by atoms with E-state index in [0.717, 1.165) is 6.26 Å². The highest BCUT2D eigenvalue weighted by atomic mass is 32.2. The average Bonchev–Trinajstić information content (AvgIpc) is 2.25. The SMILES string of the molecule is CS(=O)(=O)c1cccc(C(=O)NCC(N)=O)c1. The van der Waals surface area contributed by atoms with Crippen LogP contribution in [0.4, 0.5) is 0 Å². The summed E-state index contributed by atoms with van der Waals surface area (Å²) in [4.78, 5) is 22.0. The molecule has 0 aliphatic rings. The van der Waals surface area contributed by atoms with Crippen LogP contribution in [-0.2, 0) is 14.6 Å². The van der Waals surface area contributed by atoms with Gasteiger partial charge in [-0.2, -0.15) is 0 Å². The Hall–Kier alpha value is -1.89. The molecule has 3 N–H and O–H groups in total. The first kappa shape index (κ1) is 13.2. The molecule has 1 aromatic rings. The summed E-state index contributed by atoms with van der Waals surface area (Å²) >= 11 is 0. The Kier molecular flexibility index (Phi) is 3.84. The minimum atomic E-state index is -3.36. The van der Waals surface area contributed by atoms with Crippen molar-refractivity contribution in [3.63, 3.8) is 0 Å². The number of hydrogen-bond donors (Lipinski definition) is 2. The van der Waals surface area contributed by atoms with Gasteiger partial charge in [-0.25, -0.2) is 8.42 Å². The highest BCUT2D eigenvalue weighted by Gasteiger charge is 2.11. The minimum Gasteiger partial charge on any atom is -0.368 e. The average molecular weight is 256 g/mol. The van der Waals surface area contributed by atoms with E-state index in [9.17, 15) is 18.0 Å². The molecule has 0 saturated heterocycles. The molecular formula is C10H12N2O4S. The number of primary amides is 1. The summed E-state index contributed by atoms with van der Waals surface area (Å²) in [6.45, 7) is -0.290. The second-order valence-electron chi connectivity index (χ2n) is 3.45. The summed E-state index contributed by atoms with van der Waals surface area (Å²) in [5, 5.41) is 2.27. The van der Waals surface area contributed by atoms with Gasteiger partial charge in [-0.05, 0) is 18.2 Å². The first-order chi connectivity index (χ1) is 7.80. The standard InChI is InChI=1S/C10H12N2O4S/c1-17(15,16)8-4-2-3-7(5-8)10(14)12-6-9(11)13/h2-5H,6H2,1H3,(H2,11,13)(H,12,14). The van der Waals surface area contributed by atoms with Crippen LogP contribution in [-0.4, -0.2) is 33.0 Å².